The Morgan fingerprint density at radius 3 is 2.41 bits per heavy atom. The fourth-order valence-corrected chi connectivity index (χ4v) is 5.73. The van der Waals surface area contributed by atoms with Crippen LogP contribution in [0.25, 0.3) is 0 Å². The molecule has 1 atom stereocenters. The molecule has 4 rings (SSSR count). The Kier molecular flexibility index (Phi) is 8.12. The Morgan fingerprint density at radius 1 is 1.12 bits per heavy atom. The number of likely N-dealkylation sites (tertiary alicyclic amines) is 2. The molecular formula is C27H37ClN4O2. The topological polar surface area (TPSA) is 68.7 Å². The van der Waals surface area contributed by atoms with Crippen LogP contribution in [0.1, 0.15) is 50.2 Å². The average molecular weight is 485 g/mol. The summed E-state index contributed by atoms with van der Waals surface area (Å²) in [6.45, 7) is 6.26. The minimum atomic E-state index is -0.870. The van der Waals surface area contributed by atoms with E-state index in [0.717, 1.165) is 69.8 Å². The highest BCUT2D eigenvalue weighted by atomic mass is 35.5. The molecule has 2 aromatic rings. The van der Waals surface area contributed by atoms with Gasteiger partial charge in [0.2, 0.25) is 5.91 Å². The lowest BCUT2D eigenvalue weighted by atomic mass is 9.74. The van der Waals surface area contributed by atoms with E-state index in [1.807, 2.05) is 49.3 Å². The predicted molar refractivity (Wildman–Crippen MR) is 137 cm³/mol. The highest BCUT2D eigenvalue weighted by Gasteiger charge is 2.40. The molecule has 2 fully saturated rings. The Labute approximate surface area is 208 Å². The third-order valence-corrected chi connectivity index (χ3v) is 8.04. The van der Waals surface area contributed by atoms with Gasteiger partial charge < -0.3 is 15.3 Å². The van der Waals surface area contributed by atoms with Crippen LogP contribution in [0, 0.1) is 11.8 Å². The van der Waals surface area contributed by atoms with Crippen LogP contribution in [0.5, 0.6) is 0 Å². The van der Waals surface area contributed by atoms with E-state index in [9.17, 15) is 9.90 Å². The highest BCUT2D eigenvalue weighted by molar-refractivity contribution is 6.30. The second kappa shape index (κ2) is 11.1. The van der Waals surface area contributed by atoms with Crippen molar-refractivity contribution < 1.29 is 9.90 Å². The van der Waals surface area contributed by atoms with Gasteiger partial charge >= 0.3 is 0 Å². The number of anilines is 1. The minimum Gasteiger partial charge on any atom is -0.385 e. The van der Waals surface area contributed by atoms with Crippen LogP contribution in [0.2, 0.25) is 5.02 Å². The molecule has 0 bridgehead atoms. The van der Waals surface area contributed by atoms with Crippen molar-refractivity contribution >= 4 is 23.3 Å². The summed E-state index contributed by atoms with van der Waals surface area (Å²) in [6.07, 6.45) is 5.96. The van der Waals surface area contributed by atoms with Gasteiger partial charge in [-0.3, -0.25) is 9.69 Å². The van der Waals surface area contributed by atoms with Crippen molar-refractivity contribution in [2.24, 2.45) is 11.8 Å². The molecule has 2 N–H and O–H groups in total. The SMILES string of the molecule is CCC(O)(c1ccc(Cl)cc1)C1CCN(C(=O)C2CCN(Cc3ccnc(NC)c3)CC2)CC1. The molecule has 0 spiro atoms. The third-order valence-electron chi connectivity index (χ3n) is 7.79. The first-order valence-corrected chi connectivity index (χ1v) is 12.9. The molecule has 1 unspecified atom stereocenters. The summed E-state index contributed by atoms with van der Waals surface area (Å²) in [5.41, 5.74) is 1.30. The maximum absolute atomic E-state index is 13.2. The van der Waals surface area contributed by atoms with E-state index in [2.05, 4.69) is 27.3 Å². The highest BCUT2D eigenvalue weighted by Crippen LogP contribution is 2.40. The van der Waals surface area contributed by atoms with E-state index in [0.29, 0.717) is 17.4 Å². The van der Waals surface area contributed by atoms with Gasteiger partial charge in [0, 0.05) is 43.8 Å². The zero-order valence-electron chi connectivity index (χ0n) is 20.3. The lowest BCUT2D eigenvalue weighted by Gasteiger charge is -2.43. The number of hydrogen-bond acceptors (Lipinski definition) is 5. The first-order valence-electron chi connectivity index (χ1n) is 12.5. The van der Waals surface area contributed by atoms with Gasteiger partial charge in [-0.05, 0) is 86.5 Å². The van der Waals surface area contributed by atoms with Crippen LogP contribution < -0.4 is 5.32 Å². The van der Waals surface area contributed by atoms with Crippen molar-refractivity contribution in [2.75, 3.05) is 38.5 Å². The molecule has 3 heterocycles. The van der Waals surface area contributed by atoms with Gasteiger partial charge in [-0.2, -0.15) is 0 Å². The molecule has 2 saturated heterocycles. The third kappa shape index (κ3) is 5.56. The number of hydrogen-bond donors (Lipinski definition) is 2. The Bertz CT molecular complexity index is 953. The molecule has 2 aliphatic heterocycles. The normalized spacial score (nSPS) is 20.2. The summed E-state index contributed by atoms with van der Waals surface area (Å²) in [5.74, 6) is 1.44. The zero-order chi connectivity index (χ0) is 24.1. The Morgan fingerprint density at radius 2 is 1.79 bits per heavy atom. The van der Waals surface area contributed by atoms with Crippen molar-refractivity contribution in [3.8, 4) is 0 Å². The Hall–Kier alpha value is -2.15. The molecule has 0 radical (unpaired) electrons. The molecule has 0 aliphatic carbocycles. The first-order chi connectivity index (χ1) is 16.4. The molecule has 1 aromatic carbocycles. The van der Waals surface area contributed by atoms with Crippen molar-refractivity contribution in [1.82, 2.24) is 14.8 Å². The fraction of sp³-hybridized carbons (Fsp3) is 0.556. The van der Waals surface area contributed by atoms with Crippen LogP contribution in [0.4, 0.5) is 5.82 Å². The van der Waals surface area contributed by atoms with Gasteiger partial charge in [0.15, 0.2) is 0 Å². The molecule has 6 nitrogen and oxygen atoms in total. The fourth-order valence-electron chi connectivity index (χ4n) is 5.61. The zero-order valence-corrected chi connectivity index (χ0v) is 21.1. The smallest absolute Gasteiger partial charge is 0.225 e. The maximum Gasteiger partial charge on any atom is 0.225 e. The van der Waals surface area contributed by atoms with Gasteiger partial charge in [0.05, 0.1) is 5.60 Å². The summed E-state index contributed by atoms with van der Waals surface area (Å²) in [5, 5.41) is 15.3. The second-order valence-corrected chi connectivity index (χ2v) is 10.2. The molecule has 7 heteroatoms. The van der Waals surface area contributed by atoms with Crippen molar-refractivity contribution in [2.45, 2.75) is 51.2 Å². The number of rotatable bonds is 7. The maximum atomic E-state index is 13.2. The van der Waals surface area contributed by atoms with E-state index in [1.165, 1.54) is 5.56 Å². The molecule has 0 saturated carbocycles. The number of nitrogens with zero attached hydrogens (tertiary/aromatic N) is 3. The van der Waals surface area contributed by atoms with Crippen molar-refractivity contribution in [3.63, 3.8) is 0 Å². The monoisotopic (exact) mass is 484 g/mol. The van der Waals surface area contributed by atoms with Crippen LogP contribution in [-0.4, -0.2) is 59.0 Å². The molecule has 2 aliphatic rings. The first kappa shape index (κ1) is 25.0. The Balaban J connectivity index is 1.28. The van der Waals surface area contributed by atoms with E-state index in [4.69, 9.17) is 11.6 Å². The number of carbonyl (C=O) groups excluding carboxylic acids is 1. The molecule has 1 aromatic heterocycles. The van der Waals surface area contributed by atoms with Crippen LogP contribution >= 0.6 is 11.6 Å². The van der Waals surface area contributed by atoms with E-state index < -0.39 is 5.60 Å². The molecule has 34 heavy (non-hydrogen) atoms. The number of carbonyl (C=O) groups is 1. The average Bonchev–Trinajstić information content (AvgIpc) is 2.89. The lowest BCUT2D eigenvalue weighted by molar-refractivity contribution is -0.140. The number of pyridine rings is 1. The number of piperidine rings is 2. The predicted octanol–water partition coefficient (Wildman–Crippen LogP) is 4.53. The van der Waals surface area contributed by atoms with E-state index in [-0.39, 0.29) is 11.8 Å². The number of benzene rings is 1. The van der Waals surface area contributed by atoms with E-state index in [1.54, 1.807) is 0 Å². The van der Waals surface area contributed by atoms with Gasteiger partial charge in [-0.1, -0.05) is 30.7 Å². The summed E-state index contributed by atoms with van der Waals surface area (Å²) in [7, 11) is 1.88. The molecule has 1 amide bonds. The van der Waals surface area contributed by atoms with Crippen molar-refractivity contribution in [3.05, 3.63) is 58.7 Å². The lowest BCUT2D eigenvalue weighted by Crippen LogP contribution is -2.48. The van der Waals surface area contributed by atoms with Crippen LogP contribution in [-0.2, 0) is 16.9 Å². The van der Waals surface area contributed by atoms with Crippen LogP contribution in [0.15, 0.2) is 42.6 Å². The number of halogens is 1. The molecule has 184 valence electrons. The number of nitrogens with one attached hydrogen (secondary N) is 1. The van der Waals surface area contributed by atoms with Gasteiger partial charge in [0.1, 0.15) is 5.82 Å². The minimum absolute atomic E-state index is 0.111. The summed E-state index contributed by atoms with van der Waals surface area (Å²) < 4.78 is 0. The van der Waals surface area contributed by atoms with Gasteiger partial charge in [0.25, 0.3) is 0 Å². The van der Waals surface area contributed by atoms with Crippen molar-refractivity contribution in [1.29, 1.82) is 0 Å². The number of amides is 1. The summed E-state index contributed by atoms with van der Waals surface area (Å²) >= 11 is 6.05. The summed E-state index contributed by atoms with van der Waals surface area (Å²) in [4.78, 5) is 22.0. The van der Waals surface area contributed by atoms with Gasteiger partial charge in [-0.25, -0.2) is 4.98 Å². The number of aromatic nitrogens is 1. The second-order valence-electron chi connectivity index (χ2n) is 9.73. The quantitative estimate of drug-likeness (QED) is 0.604. The van der Waals surface area contributed by atoms with E-state index >= 15 is 0 Å². The standard InChI is InChI=1S/C27H37ClN4O2/c1-3-27(34,22-4-6-24(28)7-5-22)23-11-16-32(17-12-23)26(33)21-9-14-31(15-10-21)19-20-8-13-30-25(18-20)29-2/h4-8,13,18,21,23,34H,3,9-12,14-17,19H2,1-2H3,(H,29,30). The molecular weight excluding hydrogens is 448 g/mol. The van der Waals surface area contributed by atoms with Crippen LogP contribution in [0.3, 0.4) is 0 Å². The largest absolute Gasteiger partial charge is 0.385 e. The summed E-state index contributed by atoms with van der Waals surface area (Å²) in [6, 6.07) is 11.7. The van der Waals surface area contributed by atoms with Gasteiger partial charge in [-0.15, -0.1) is 0 Å². The number of aliphatic hydroxyl groups is 1.